The van der Waals surface area contributed by atoms with Gasteiger partial charge in [-0.3, -0.25) is 5.41 Å². The summed E-state index contributed by atoms with van der Waals surface area (Å²) < 4.78 is 6.83. The van der Waals surface area contributed by atoms with Gasteiger partial charge in [0.25, 0.3) is 0 Å². The van der Waals surface area contributed by atoms with E-state index in [1.807, 2.05) is 43.3 Å². The SMILES string of the molecule is Cc1ccc(C(=N)N)cc1OCc1cccc(Br)c1. The summed E-state index contributed by atoms with van der Waals surface area (Å²) in [6.45, 7) is 2.46. The summed E-state index contributed by atoms with van der Waals surface area (Å²) in [5, 5.41) is 7.44. The van der Waals surface area contributed by atoms with Gasteiger partial charge in [0.05, 0.1) is 0 Å². The number of ether oxygens (including phenoxy) is 1. The van der Waals surface area contributed by atoms with Crippen molar-refractivity contribution >= 4 is 21.8 Å². The van der Waals surface area contributed by atoms with Gasteiger partial charge in [-0.25, -0.2) is 0 Å². The Morgan fingerprint density at radius 1 is 1.26 bits per heavy atom. The van der Waals surface area contributed by atoms with Crippen LogP contribution >= 0.6 is 15.9 Å². The number of benzene rings is 2. The molecule has 3 nitrogen and oxygen atoms in total. The number of nitrogens with one attached hydrogen (secondary N) is 1. The quantitative estimate of drug-likeness (QED) is 0.668. The van der Waals surface area contributed by atoms with E-state index >= 15 is 0 Å². The molecule has 0 aromatic heterocycles. The lowest BCUT2D eigenvalue weighted by molar-refractivity contribution is 0.304. The molecule has 0 aliphatic rings. The first-order valence-electron chi connectivity index (χ1n) is 5.88. The fourth-order valence-corrected chi connectivity index (χ4v) is 2.16. The number of rotatable bonds is 4. The second-order valence-electron chi connectivity index (χ2n) is 4.31. The standard InChI is InChI=1S/C15H15BrN2O/c1-10-5-6-12(15(17)18)8-14(10)19-9-11-3-2-4-13(16)7-11/h2-8H,9H2,1H3,(H3,17,18). The van der Waals surface area contributed by atoms with E-state index in [2.05, 4.69) is 15.9 Å². The first-order chi connectivity index (χ1) is 9.06. The summed E-state index contributed by atoms with van der Waals surface area (Å²) in [6, 6.07) is 13.5. The Bertz CT molecular complexity index is 611. The average Bonchev–Trinajstić information content (AvgIpc) is 2.37. The number of hydrogen-bond donors (Lipinski definition) is 2. The summed E-state index contributed by atoms with van der Waals surface area (Å²) in [5.41, 5.74) is 8.27. The third kappa shape index (κ3) is 3.58. The van der Waals surface area contributed by atoms with E-state index in [1.165, 1.54) is 0 Å². The second kappa shape index (κ2) is 5.89. The van der Waals surface area contributed by atoms with Crippen LogP contribution in [-0.2, 0) is 6.61 Å². The molecule has 0 amide bonds. The van der Waals surface area contributed by atoms with Crippen LogP contribution in [0.2, 0.25) is 0 Å². The summed E-state index contributed by atoms with van der Waals surface area (Å²) in [5.74, 6) is 0.806. The summed E-state index contributed by atoms with van der Waals surface area (Å²) in [6.07, 6.45) is 0. The molecule has 0 aliphatic heterocycles. The van der Waals surface area contributed by atoms with Crippen LogP contribution < -0.4 is 10.5 Å². The molecule has 4 heteroatoms. The van der Waals surface area contributed by atoms with Crippen molar-refractivity contribution in [3.8, 4) is 5.75 Å². The Morgan fingerprint density at radius 2 is 2.05 bits per heavy atom. The Kier molecular flexibility index (Phi) is 4.22. The van der Waals surface area contributed by atoms with Gasteiger partial charge in [-0.15, -0.1) is 0 Å². The van der Waals surface area contributed by atoms with Crippen molar-refractivity contribution in [2.24, 2.45) is 5.73 Å². The highest BCUT2D eigenvalue weighted by Gasteiger charge is 2.04. The molecule has 2 aromatic rings. The molecule has 0 bridgehead atoms. The first kappa shape index (κ1) is 13.6. The second-order valence-corrected chi connectivity index (χ2v) is 5.23. The highest BCUT2D eigenvalue weighted by Crippen LogP contribution is 2.21. The molecule has 3 N–H and O–H groups in total. The molecule has 2 aromatic carbocycles. The molecule has 0 unspecified atom stereocenters. The number of aryl methyl sites for hydroxylation is 1. The van der Waals surface area contributed by atoms with Crippen LogP contribution in [0.25, 0.3) is 0 Å². The van der Waals surface area contributed by atoms with Crippen molar-refractivity contribution in [1.29, 1.82) is 5.41 Å². The normalized spacial score (nSPS) is 10.2. The molecule has 0 fully saturated rings. The van der Waals surface area contributed by atoms with Crippen LogP contribution in [0.15, 0.2) is 46.9 Å². The summed E-state index contributed by atoms with van der Waals surface area (Å²) >= 11 is 3.43. The molecule has 0 atom stereocenters. The Labute approximate surface area is 121 Å². The Morgan fingerprint density at radius 3 is 2.74 bits per heavy atom. The van der Waals surface area contributed by atoms with Crippen molar-refractivity contribution in [3.63, 3.8) is 0 Å². The predicted molar refractivity (Wildman–Crippen MR) is 80.7 cm³/mol. The molecule has 0 heterocycles. The Hall–Kier alpha value is -1.81. The van der Waals surface area contributed by atoms with Crippen molar-refractivity contribution in [1.82, 2.24) is 0 Å². The van der Waals surface area contributed by atoms with Gasteiger partial charge < -0.3 is 10.5 Å². The molecule has 0 aliphatic carbocycles. The highest BCUT2D eigenvalue weighted by atomic mass is 79.9. The predicted octanol–water partition coefficient (Wildman–Crippen LogP) is 3.62. The van der Waals surface area contributed by atoms with E-state index in [1.54, 1.807) is 6.07 Å². The summed E-state index contributed by atoms with van der Waals surface area (Å²) in [7, 11) is 0. The lowest BCUT2D eigenvalue weighted by Crippen LogP contribution is -2.11. The minimum atomic E-state index is 0.0484. The zero-order chi connectivity index (χ0) is 13.8. The molecular formula is C15H15BrN2O. The molecule has 0 saturated heterocycles. The van der Waals surface area contributed by atoms with Crippen molar-refractivity contribution in [3.05, 3.63) is 63.6 Å². The fourth-order valence-electron chi connectivity index (χ4n) is 1.71. The number of hydrogen-bond acceptors (Lipinski definition) is 2. The average molecular weight is 319 g/mol. The molecule has 0 saturated carbocycles. The minimum Gasteiger partial charge on any atom is -0.489 e. The molecule has 0 spiro atoms. The van der Waals surface area contributed by atoms with Crippen LogP contribution in [-0.4, -0.2) is 5.84 Å². The van der Waals surface area contributed by atoms with Crippen molar-refractivity contribution < 1.29 is 4.74 Å². The van der Waals surface area contributed by atoms with Gasteiger partial charge in [-0.1, -0.05) is 40.2 Å². The van der Waals surface area contributed by atoms with Crippen LogP contribution in [0.3, 0.4) is 0 Å². The maximum Gasteiger partial charge on any atom is 0.123 e. The topological polar surface area (TPSA) is 59.1 Å². The highest BCUT2D eigenvalue weighted by molar-refractivity contribution is 9.10. The minimum absolute atomic E-state index is 0.0484. The van der Waals surface area contributed by atoms with Crippen LogP contribution in [0, 0.1) is 12.3 Å². The van der Waals surface area contributed by atoms with Gasteiger partial charge in [-0.2, -0.15) is 0 Å². The first-order valence-corrected chi connectivity index (χ1v) is 6.68. The number of halogens is 1. The number of nitrogen functional groups attached to an aromatic ring is 1. The maximum absolute atomic E-state index is 7.44. The van der Waals surface area contributed by atoms with Crippen LogP contribution in [0.1, 0.15) is 16.7 Å². The van der Waals surface area contributed by atoms with E-state index in [0.29, 0.717) is 12.2 Å². The molecular weight excluding hydrogens is 304 g/mol. The smallest absolute Gasteiger partial charge is 0.123 e. The van der Waals surface area contributed by atoms with Crippen molar-refractivity contribution in [2.75, 3.05) is 0 Å². The van der Waals surface area contributed by atoms with E-state index in [9.17, 15) is 0 Å². The van der Waals surface area contributed by atoms with E-state index in [4.69, 9.17) is 15.9 Å². The van der Waals surface area contributed by atoms with Crippen LogP contribution in [0.4, 0.5) is 0 Å². The van der Waals surface area contributed by atoms with Crippen LogP contribution in [0.5, 0.6) is 5.75 Å². The Balaban J connectivity index is 2.15. The third-order valence-corrected chi connectivity index (χ3v) is 3.28. The van der Waals surface area contributed by atoms with E-state index in [-0.39, 0.29) is 5.84 Å². The van der Waals surface area contributed by atoms with Gasteiger partial charge in [0.1, 0.15) is 18.2 Å². The van der Waals surface area contributed by atoms with Gasteiger partial charge in [0.2, 0.25) is 0 Å². The van der Waals surface area contributed by atoms with Crippen molar-refractivity contribution in [2.45, 2.75) is 13.5 Å². The van der Waals surface area contributed by atoms with E-state index < -0.39 is 0 Å². The molecule has 98 valence electrons. The number of nitrogens with two attached hydrogens (primary N) is 1. The monoisotopic (exact) mass is 318 g/mol. The molecule has 0 radical (unpaired) electrons. The molecule has 19 heavy (non-hydrogen) atoms. The summed E-state index contributed by atoms with van der Waals surface area (Å²) in [4.78, 5) is 0. The lowest BCUT2D eigenvalue weighted by atomic mass is 10.1. The van der Waals surface area contributed by atoms with Gasteiger partial charge in [0.15, 0.2) is 0 Å². The maximum atomic E-state index is 7.44. The number of amidine groups is 1. The molecule has 2 rings (SSSR count). The zero-order valence-electron chi connectivity index (χ0n) is 10.6. The lowest BCUT2D eigenvalue weighted by Gasteiger charge is -2.11. The van der Waals surface area contributed by atoms with Gasteiger partial charge >= 0.3 is 0 Å². The fraction of sp³-hybridized carbons (Fsp3) is 0.133. The largest absolute Gasteiger partial charge is 0.489 e. The zero-order valence-corrected chi connectivity index (χ0v) is 12.2. The third-order valence-electron chi connectivity index (χ3n) is 2.78. The van der Waals surface area contributed by atoms with Gasteiger partial charge in [-0.05, 0) is 36.2 Å². The van der Waals surface area contributed by atoms with Gasteiger partial charge in [0, 0.05) is 10.0 Å². The van der Waals surface area contributed by atoms with E-state index in [0.717, 1.165) is 21.3 Å².